The van der Waals surface area contributed by atoms with Gasteiger partial charge in [-0.2, -0.15) is 0 Å². The first kappa shape index (κ1) is 14.9. The lowest BCUT2D eigenvalue weighted by atomic mass is 10.1. The van der Waals surface area contributed by atoms with E-state index in [0.717, 1.165) is 5.56 Å². The number of nitrogens with zero attached hydrogens (tertiary/aromatic N) is 5. The Bertz CT molecular complexity index is 648. The zero-order valence-electron chi connectivity index (χ0n) is 12.1. The van der Waals surface area contributed by atoms with Crippen LogP contribution in [0.25, 0.3) is 0 Å². The molecule has 2 heterocycles. The maximum absolute atomic E-state index is 12.4. The van der Waals surface area contributed by atoms with E-state index in [1.807, 2.05) is 31.2 Å². The van der Waals surface area contributed by atoms with Crippen molar-refractivity contribution in [1.29, 1.82) is 0 Å². The van der Waals surface area contributed by atoms with Crippen LogP contribution < -0.4 is 0 Å². The fourth-order valence-corrected chi connectivity index (χ4v) is 2.69. The average Bonchev–Trinajstić information content (AvgIpc) is 3.00. The molecule has 0 radical (unpaired) electrons. The van der Waals surface area contributed by atoms with E-state index in [1.165, 1.54) is 11.0 Å². The van der Waals surface area contributed by atoms with E-state index in [-0.39, 0.29) is 24.6 Å². The van der Waals surface area contributed by atoms with E-state index < -0.39 is 0 Å². The van der Waals surface area contributed by atoms with Gasteiger partial charge in [-0.15, -0.1) is 5.10 Å². The lowest BCUT2D eigenvalue weighted by Crippen LogP contribution is -2.49. The summed E-state index contributed by atoms with van der Waals surface area (Å²) in [6.07, 6.45) is 1.25. The lowest BCUT2D eigenvalue weighted by molar-refractivity contribution is -0.145. The van der Waals surface area contributed by atoms with Crippen molar-refractivity contribution in [2.45, 2.75) is 25.6 Å². The average molecular weight is 322 g/mol. The maximum Gasteiger partial charge on any atom is 0.244 e. The minimum atomic E-state index is -0.173. The largest absolute Gasteiger partial charge is 0.370 e. The second-order valence-electron chi connectivity index (χ2n) is 5.28. The quantitative estimate of drug-likeness (QED) is 0.852. The van der Waals surface area contributed by atoms with Gasteiger partial charge in [0.15, 0.2) is 0 Å². The highest BCUT2D eigenvalue weighted by Gasteiger charge is 2.30. The lowest BCUT2D eigenvalue weighted by Gasteiger charge is -2.38. The highest BCUT2D eigenvalue weighted by atomic mass is 35.5. The summed E-state index contributed by atoms with van der Waals surface area (Å²) in [5, 5.41) is 11.5. The molecule has 1 amide bonds. The second kappa shape index (κ2) is 6.41. The molecule has 116 valence electrons. The van der Waals surface area contributed by atoms with Crippen LogP contribution in [0.5, 0.6) is 0 Å². The molecule has 1 aliphatic heterocycles. The minimum absolute atomic E-state index is 0.0133. The summed E-state index contributed by atoms with van der Waals surface area (Å²) in [5.74, 6) is -0.0323. The predicted octanol–water partition coefficient (Wildman–Crippen LogP) is 1.32. The number of rotatable bonds is 3. The van der Waals surface area contributed by atoms with Gasteiger partial charge in [-0.3, -0.25) is 4.79 Å². The zero-order chi connectivity index (χ0) is 15.5. The molecule has 2 unspecified atom stereocenters. The molecule has 0 N–H and O–H groups in total. The minimum Gasteiger partial charge on any atom is -0.370 e. The fraction of sp³-hybridized carbons (Fsp3) is 0.429. The van der Waals surface area contributed by atoms with Crippen LogP contribution >= 0.6 is 11.6 Å². The SMILES string of the molecule is CC1COC(c2cccc(Cl)c2)CN1C(=O)Cn1cnnn1. The number of aromatic nitrogens is 4. The van der Waals surface area contributed by atoms with Gasteiger partial charge < -0.3 is 9.64 Å². The molecule has 0 spiro atoms. The molecule has 22 heavy (non-hydrogen) atoms. The Balaban J connectivity index is 1.72. The number of morpholine rings is 1. The molecule has 1 saturated heterocycles. The van der Waals surface area contributed by atoms with Gasteiger partial charge in [-0.05, 0) is 35.0 Å². The first-order valence-electron chi connectivity index (χ1n) is 7.01. The first-order chi connectivity index (χ1) is 10.6. The molecular formula is C14H16ClN5O2. The van der Waals surface area contributed by atoms with Crippen LogP contribution in [0.3, 0.4) is 0 Å². The Kier molecular flexibility index (Phi) is 4.35. The van der Waals surface area contributed by atoms with Crippen molar-refractivity contribution in [3.63, 3.8) is 0 Å². The van der Waals surface area contributed by atoms with E-state index in [4.69, 9.17) is 16.3 Å². The molecule has 1 fully saturated rings. The van der Waals surface area contributed by atoms with Gasteiger partial charge in [0.05, 0.1) is 19.2 Å². The molecule has 0 saturated carbocycles. The van der Waals surface area contributed by atoms with Crippen LogP contribution in [0.4, 0.5) is 0 Å². The zero-order valence-corrected chi connectivity index (χ0v) is 12.8. The van der Waals surface area contributed by atoms with Crippen molar-refractivity contribution >= 4 is 17.5 Å². The number of hydrogen-bond acceptors (Lipinski definition) is 5. The highest BCUT2D eigenvalue weighted by molar-refractivity contribution is 6.30. The summed E-state index contributed by atoms with van der Waals surface area (Å²) in [6.45, 7) is 3.06. The third kappa shape index (κ3) is 3.26. The first-order valence-corrected chi connectivity index (χ1v) is 7.38. The summed E-state index contributed by atoms with van der Waals surface area (Å²) in [7, 11) is 0. The molecular weight excluding hydrogens is 306 g/mol. The van der Waals surface area contributed by atoms with Crippen LogP contribution in [0, 0.1) is 0 Å². The topological polar surface area (TPSA) is 73.1 Å². The van der Waals surface area contributed by atoms with Gasteiger partial charge in [0.25, 0.3) is 0 Å². The van der Waals surface area contributed by atoms with Gasteiger partial charge >= 0.3 is 0 Å². The summed E-state index contributed by atoms with van der Waals surface area (Å²) in [4.78, 5) is 14.2. The Hall–Kier alpha value is -1.99. The normalized spacial score (nSPS) is 21.8. The Labute approximate surface area is 132 Å². The second-order valence-corrected chi connectivity index (χ2v) is 5.72. The third-order valence-electron chi connectivity index (χ3n) is 3.66. The third-order valence-corrected chi connectivity index (χ3v) is 3.90. The molecule has 2 aromatic rings. The summed E-state index contributed by atoms with van der Waals surface area (Å²) in [5.41, 5.74) is 0.972. The molecule has 0 bridgehead atoms. The van der Waals surface area contributed by atoms with Gasteiger partial charge in [0.2, 0.25) is 5.91 Å². The van der Waals surface area contributed by atoms with Gasteiger partial charge in [0.1, 0.15) is 19.0 Å². The highest BCUT2D eigenvalue weighted by Crippen LogP contribution is 2.26. The molecule has 7 nitrogen and oxygen atoms in total. The molecule has 2 atom stereocenters. The fourth-order valence-electron chi connectivity index (χ4n) is 2.49. The Morgan fingerprint density at radius 1 is 1.50 bits per heavy atom. The number of amides is 1. The van der Waals surface area contributed by atoms with E-state index in [9.17, 15) is 4.79 Å². The number of halogens is 1. The summed E-state index contributed by atoms with van der Waals surface area (Å²) in [6, 6.07) is 7.53. The van der Waals surface area contributed by atoms with Crippen LogP contribution in [0.2, 0.25) is 5.02 Å². The molecule has 0 aliphatic carbocycles. The molecule has 1 aromatic heterocycles. The van der Waals surface area contributed by atoms with E-state index in [2.05, 4.69) is 15.5 Å². The number of carbonyl (C=O) groups is 1. The number of tetrazole rings is 1. The Morgan fingerprint density at radius 2 is 2.36 bits per heavy atom. The number of ether oxygens (including phenoxy) is 1. The van der Waals surface area contributed by atoms with Crippen molar-refractivity contribution in [1.82, 2.24) is 25.1 Å². The molecule has 8 heteroatoms. The van der Waals surface area contributed by atoms with Crippen LogP contribution in [-0.4, -0.2) is 50.2 Å². The standard InChI is InChI=1S/C14H16ClN5O2/c1-10-8-22-13(11-3-2-4-12(15)5-11)6-20(10)14(21)7-19-9-16-17-18-19/h2-5,9-10,13H,6-8H2,1H3. The van der Waals surface area contributed by atoms with Gasteiger partial charge in [0, 0.05) is 5.02 Å². The summed E-state index contributed by atoms with van der Waals surface area (Å²) >= 11 is 6.02. The monoisotopic (exact) mass is 321 g/mol. The number of carbonyl (C=O) groups excluding carboxylic acids is 1. The van der Waals surface area contributed by atoms with Crippen LogP contribution in [-0.2, 0) is 16.1 Å². The Morgan fingerprint density at radius 3 is 3.09 bits per heavy atom. The van der Waals surface area contributed by atoms with Crippen molar-refractivity contribution in [3.05, 3.63) is 41.2 Å². The van der Waals surface area contributed by atoms with Crippen molar-refractivity contribution in [2.75, 3.05) is 13.2 Å². The van der Waals surface area contributed by atoms with E-state index >= 15 is 0 Å². The van der Waals surface area contributed by atoms with Crippen LogP contribution in [0.1, 0.15) is 18.6 Å². The number of benzene rings is 1. The molecule has 1 aromatic carbocycles. The van der Waals surface area contributed by atoms with Gasteiger partial charge in [-0.25, -0.2) is 4.68 Å². The van der Waals surface area contributed by atoms with Crippen molar-refractivity contribution in [2.24, 2.45) is 0 Å². The summed E-state index contributed by atoms with van der Waals surface area (Å²) < 4.78 is 7.26. The van der Waals surface area contributed by atoms with Crippen LogP contribution in [0.15, 0.2) is 30.6 Å². The predicted molar refractivity (Wildman–Crippen MR) is 79.1 cm³/mol. The van der Waals surface area contributed by atoms with Crippen molar-refractivity contribution < 1.29 is 9.53 Å². The molecule has 3 rings (SSSR count). The molecule has 1 aliphatic rings. The smallest absolute Gasteiger partial charge is 0.244 e. The number of hydrogen-bond donors (Lipinski definition) is 0. The maximum atomic E-state index is 12.4. The van der Waals surface area contributed by atoms with Crippen molar-refractivity contribution in [3.8, 4) is 0 Å². The van der Waals surface area contributed by atoms with E-state index in [1.54, 1.807) is 4.90 Å². The van der Waals surface area contributed by atoms with Gasteiger partial charge in [-0.1, -0.05) is 23.7 Å². The van der Waals surface area contributed by atoms with E-state index in [0.29, 0.717) is 18.2 Å².